The molecular formula is C61H81ClNO13PS. The number of benzene rings is 3. The number of fused-ring (bicyclic) bond motifs is 7. The number of ketones is 2. The van der Waals surface area contributed by atoms with Gasteiger partial charge >= 0.3 is 13.8 Å². The van der Waals surface area contributed by atoms with Crippen LogP contribution in [0.3, 0.4) is 0 Å². The highest BCUT2D eigenvalue weighted by molar-refractivity contribution is 7.95. The van der Waals surface area contributed by atoms with Crippen molar-refractivity contribution in [3.63, 3.8) is 0 Å². The first-order chi connectivity index (χ1) is 37.0. The smallest absolute Gasteiger partial charge is 0.524 e. The van der Waals surface area contributed by atoms with E-state index in [0.717, 1.165) is 120 Å². The third-order valence-electron chi connectivity index (χ3n) is 18.1. The van der Waals surface area contributed by atoms with Crippen LogP contribution in [-0.2, 0) is 56.2 Å². The molecule has 5 fully saturated rings. The van der Waals surface area contributed by atoms with Crippen molar-refractivity contribution in [2.45, 2.75) is 157 Å². The molecule has 1 heterocycles. The Labute approximate surface area is 469 Å². The minimum atomic E-state index is -4.93. The van der Waals surface area contributed by atoms with E-state index in [1.165, 1.54) is 11.6 Å². The average molecular weight is 1130 g/mol. The van der Waals surface area contributed by atoms with Gasteiger partial charge in [-0.05, 0) is 137 Å². The van der Waals surface area contributed by atoms with Gasteiger partial charge in [0.2, 0.25) is 5.78 Å². The van der Waals surface area contributed by atoms with Gasteiger partial charge in [-0.2, -0.15) is 0 Å². The van der Waals surface area contributed by atoms with Gasteiger partial charge in [0.05, 0.1) is 23.9 Å². The fraction of sp³-hybridized carbons (Fsp3) is 0.590. The number of halogens is 1. The lowest BCUT2D eigenvalue weighted by Gasteiger charge is -2.59. The van der Waals surface area contributed by atoms with Crippen LogP contribution in [0.4, 0.5) is 0 Å². The molecule has 426 valence electrons. The number of rotatable bonds is 25. The Bertz CT molecular complexity index is 2660. The number of carbonyl (C=O) groups is 3. The number of phosphoric ester groups is 1. The molecule has 0 bridgehead atoms. The van der Waals surface area contributed by atoms with Crippen LogP contribution < -0.4 is 22.2 Å². The van der Waals surface area contributed by atoms with Gasteiger partial charge in [0.25, 0.3) is 0 Å². The van der Waals surface area contributed by atoms with Crippen molar-refractivity contribution in [2.24, 2.45) is 34.5 Å². The normalized spacial score (nSPS) is 29.3. The van der Waals surface area contributed by atoms with Gasteiger partial charge in [0.15, 0.2) is 29.2 Å². The predicted octanol–water partition coefficient (Wildman–Crippen LogP) is 6.87. The van der Waals surface area contributed by atoms with Crippen LogP contribution >= 0.6 is 7.82 Å². The number of phosphoric acid groups is 1. The number of ether oxygens (including phenoxy) is 4. The summed E-state index contributed by atoms with van der Waals surface area (Å²) in [6.45, 7) is 6.22. The van der Waals surface area contributed by atoms with Gasteiger partial charge in [0, 0.05) is 64.9 Å². The quantitative estimate of drug-likeness (QED) is 0.0254. The lowest BCUT2D eigenvalue weighted by Crippen LogP contribution is -3.00. The molecule has 0 radical (unpaired) electrons. The van der Waals surface area contributed by atoms with Crippen LogP contribution in [-0.4, -0.2) is 101 Å². The van der Waals surface area contributed by atoms with E-state index in [2.05, 4.69) is 43.4 Å². The number of Topliss-reactive ketones (excluding diaryl/α,β-unsaturated/α-hetero) is 1. The summed E-state index contributed by atoms with van der Waals surface area (Å²) < 4.78 is 42.9. The van der Waals surface area contributed by atoms with Crippen molar-refractivity contribution in [2.75, 3.05) is 39.2 Å². The van der Waals surface area contributed by atoms with Crippen molar-refractivity contribution in [3.05, 3.63) is 119 Å². The summed E-state index contributed by atoms with van der Waals surface area (Å²) >= 11 is 0. The van der Waals surface area contributed by atoms with E-state index in [0.29, 0.717) is 30.5 Å². The second kappa shape index (κ2) is 26.5. The van der Waals surface area contributed by atoms with Crippen LogP contribution in [0.5, 0.6) is 5.75 Å². The van der Waals surface area contributed by atoms with Crippen molar-refractivity contribution >= 4 is 36.3 Å². The molecule has 0 spiro atoms. The summed E-state index contributed by atoms with van der Waals surface area (Å²) in [7, 11) is -5.57. The summed E-state index contributed by atoms with van der Waals surface area (Å²) in [6.07, 6.45) is 19.3. The highest BCUT2D eigenvalue weighted by Gasteiger charge is 2.76. The van der Waals surface area contributed by atoms with Crippen LogP contribution in [0.2, 0.25) is 0 Å². The monoisotopic (exact) mass is 1130 g/mol. The zero-order chi connectivity index (χ0) is 54.4. The molecule has 14 nitrogen and oxygen atoms in total. The Morgan fingerprint density at radius 3 is 2.45 bits per heavy atom. The number of nitrogens with one attached hydrogen (secondary N) is 1. The molecule has 5 aliphatic carbocycles. The van der Waals surface area contributed by atoms with E-state index in [4.69, 9.17) is 23.5 Å². The second-order valence-corrected chi connectivity index (χ2v) is 26.3. The maximum atomic E-state index is 15.1. The first kappa shape index (κ1) is 60.4. The molecule has 3 aromatic carbocycles. The van der Waals surface area contributed by atoms with Crippen molar-refractivity contribution in [1.82, 2.24) is 5.32 Å². The number of aliphatic hydroxyl groups is 2. The largest absolute Gasteiger partial charge is 1.00 e. The number of aliphatic hydroxyl groups excluding tert-OH is 2. The molecule has 9 rings (SSSR count). The van der Waals surface area contributed by atoms with Gasteiger partial charge in [0.1, 0.15) is 17.8 Å². The van der Waals surface area contributed by atoms with Crippen LogP contribution in [0.1, 0.15) is 143 Å². The van der Waals surface area contributed by atoms with E-state index in [1.807, 2.05) is 24.5 Å². The van der Waals surface area contributed by atoms with E-state index in [1.54, 1.807) is 42.5 Å². The maximum absolute atomic E-state index is 15.1. The number of allylic oxidation sites excluding steroid dienone is 4. The summed E-state index contributed by atoms with van der Waals surface area (Å²) in [5.41, 5.74) is 0.955. The van der Waals surface area contributed by atoms with Gasteiger partial charge < -0.3 is 51.4 Å². The van der Waals surface area contributed by atoms with E-state index in [-0.39, 0.29) is 64.7 Å². The molecule has 1 saturated heterocycles. The molecule has 6 aliphatic rings. The minimum absolute atomic E-state index is 0. The lowest BCUT2D eigenvalue weighted by atomic mass is 9.46. The Hall–Kier alpha value is -3.70. The topological polar surface area (TPSA) is 207 Å². The first-order valence-corrected chi connectivity index (χ1v) is 31.6. The molecule has 4 saturated carbocycles. The standard InChI is InChI=1S/C61H80NO13PS.ClH/c1-59-29-28-47(63)35-46(59)25-26-49-50-36-55-61(60(50,2)37-51(64)56(49)59,74-58(73-55)42-20-10-7-11-21-42)54(66)39-72-57(67)44-22-16-23-48(34-44)77(3)40-45-33-43(24-27-53(45)75-76(68,69)70)52(65)38-62-30-13-4-5-14-31-71-32-15-12-19-41-17-8-6-9-18-41;/h6,8-9,16-18,22-24,27-29,33-35,42,49-52,55-56,58,62,64-65H,4-5,7,10-15,19-21,25-26,30-32,36-40H2,1-3H3,(H-,68,69,70);1H/t49?,50?,51-,52?,55+,56?,58+,59-,60-,61+,77?;/m0./s1. The Morgan fingerprint density at radius 1 is 0.923 bits per heavy atom. The van der Waals surface area contributed by atoms with Crippen molar-refractivity contribution in [1.29, 1.82) is 0 Å². The Morgan fingerprint density at radius 2 is 1.68 bits per heavy atom. The number of unbranched alkanes of at least 4 members (excludes halogenated alkanes) is 4. The summed E-state index contributed by atoms with van der Waals surface area (Å²) in [4.78, 5) is 62.0. The molecule has 3 aromatic rings. The fourth-order valence-corrected chi connectivity index (χ4v) is 16.2. The zero-order valence-corrected chi connectivity index (χ0v) is 48.0. The molecular weight excluding hydrogens is 1050 g/mol. The molecule has 1 aliphatic heterocycles. The fourth-order valence-electron chi connectivity index (χ4n) is 14.3. The Balaban J connectivity index is 0.00000803. The number of carbonyl (C=O) groups excluding carboxylic acids is 3. The van der Waals surface area contributed by atoms with Gasteiger partial charge in [-0.15, -0.1) is 0 Å². The lowest BCUT2D eigenvalue weighted by molar-refractivity contribution is -0.209. The molecule has 11 atom stereocenters. The Kier molecular flexibility index (Phi) is 20.5. The van der Waals surface area contributed by atoms with Crippen LogP contribution in [0.15, 0.2) is 101 Å². The van der Waals surface area contributed by atoms with Gasteiger partial charge in [-0.1, -0.05) is 100 Å². The van der Waals surface area contributed by atoms with E-state index < -0.39 is 72.3 Å². The third kappa shape index (κ3) is 13.5. The highest BCUT2D eigenvalue weighted by Crippen LogP contribution is 2.70. The SMILES string of the molecule is C[S+](Cc1cc(C(O)CNCCCCCCOCCCCc2ccccc2)ccc1OP(=O)(O)O)c1cccc(C(=O)OCC(=O)[C@@]23O[C@H](C4CCCCC4)O[C@@H]2CC2C4CCC5=CC(=O)C=C[C@]5(C)C4[C@@H](O)C[C@@]23C)c1.[Cl-]. The first-order valence-electron chi connectivity index (χ1n) is 28.3. The number of esters is 1. The number of hydrogen-bond donors (Lipinski definition) is 5. The molecule has 0 amide bonds. The molecule has 17 heteroatoms. The highest BCUT2D eigenvalue weighted by atomic mass is 35.5. The minimum Gasteiger partial charge on any atom is -1.00 e. The van der Waals surface area contributed by atoms with Crippen molar-refractivity contribution in [3.8, 4) is 5.75 Å². The predicted molar refractivity (Wildman–Crippen MR) is 295 cm³/mol. The summed E-state index contributed by atoms with van der Waals surface area (Å²) in [5, 5.41) is 26.8. The molecule has 78 heavy (non-hydrogen) atoms. The molecule has 5 N–H and O–H groups in total. The second-order valence-electron chi connectivity index (χ2n) is 23.1. The van der Waals surface area contributed by atoms with Gasteiger partial charge in [-0.3, -0.25) is 19.4 Å². The summed E-state index contributed by atoms with van der Waals surface area (Å²) in [5.74, 6) is -0.787. The van der Waals surface area contributed by atoms with Gasteiger partial charge in [-0.25, -0.2) is 9.36 Å². The average Bonchev–Trinajstić information content (AvgIpc) is 3.73. The van der Waals surface area contributed by atoms with Crippen molar-refractivity contribution < 1.29 is 74.8 Å². The number of aryl methyl sites for hydroxylation is 1. The van der Waals surface area contributed by atoms with E-state index >= 15 is 4.79 Å². The van der Waals surface area contributed by atoms with Crippen LogP contribution in [0, 0.1) is 34.5 Å². The third-order valence-corrected chi connectivity index (χ3v) is 20.4. The zero-order valence-electron chi connectivity index (χ0n) is 45.5. The van der Waals surface area contributed by atoms with Crippen LogP contribution in [0.25, 0.3) is 0 Å². The molecule has 0 aromatic heterocycles. The van der Waals surface area contributed by atoms with E-state index in [9.17, 15) is 34.2 Å². The molecule has 5 unspecified atom stereocenters. The maximum Gasteiger partial charge on any atom is 0.524 e. The number of hydrogen-bond acceptors (Lipinski definition) is 12. The summed E-state index contributed by atoms with van der Waals surface area (Å²) in [6, 6.07) is 22.2.